The first kappa shape index (κ1) is 32.1. The van der Waals surface area contributed by atoms with Crippen LogP contribution in [-0.2, 0) is 13.0 Å². The van der Waals surface area contributed by atoms with Crippen LogP contribution in [0.3, 0.4) is 0 Å². The predicted molar refractivity (Wildman–Crippen MR) is 135 cm³/mol. The summed E-state index contributed by atoms with van der Waals surface area (Å²) in [6.07, 6.45) is 6.57. The number of aromatic nitrogens is 1. The second kappa shape index (κ2) is 22.1. The average Bonchev–Trinajstić information content (AvgIpc) is 2.86. The summed E-state index contributed by atoms with van der Waals surface area (Å²) in [6, 6.07) is 16.9. The van der Waals surface area contributed by atoms with Gasteiger partial charge in [0.1, 0.15) is 5.82 Å². The third kappa shape index (κ3) is 14.5. The van der Waals surface area contributed by atoms with Gasteiger partial charge in [0.25, 0.3) is 0 Å². The minimum Gasteiger partial charge on any atom is -0.380 e. The van der Waals surface area contributed by atoms with Gasteiger partial charge in [0.05, 0.1) is 7.18 Å². The number of aryl methyl sites for hydroxylation is 2. The first-order valence-electron chi connectivity index (χ1n) is 10.7. The van der Waals surface area contributed by atoms with Gasteiger partial charge in [-0.1, -0.05) is 57.7 Å². The van der Waals surface area contributed by atoms with Crippen molar-refractivity contribution >= 4 is 11.8 Å². The van der Waals surface area contributed by atoms with Crippen LogP contribution in [0.4, 0.5) is 18.9 Å². The number of pyridine rings is 1. The Balaban J connectivity index is 0. The van der Waals surface area contributed by atoms with E-state index < -0.39 is 6.86 Å². The van der Waals surface area contributed by atoms with Crippen molar-refractivity contribution in [2.75, 3.05) is 19.4 Å². The van der Waals surface area contributed by atoms with Crippen LogP contribution in [0.1, 0.15) is 43.0 Å². The lowest BCUT2D eigenvalue weighted by Crippen LogP contribution is -2.02. The Bertz CT molecular complexity index is 842. The van der Waals surface area contributed by atoms with E-state index in [4.69, 9.17) is 5.11 Å². The van der Waals surface area contributed by atoms with Gasteiger partial charge in [0, 0.05) is 30.2 Å². The molecule has 0 bridgehead atoms. The van der Waals surface area contributed by atoms with Crippen molar-refractivity contribution in [2.24, 2.45) is 0 Å². The van der Waals surface area contributed by atoms with Gasteiger partial charge in [-0.2, -0.15) is 0 Å². The standard InChI is InChI=1S/C16H18N2.C7H7F.C2H6.CH3FO.CH3F/c1-3-14-6-5-7-16(15(14)4-2)18-12-13-8-10-17-11-9-13;1-6-3-2-4-7(8)5-6;1-2;2-1-3;1-2/h4-11,18H,2-3,12H2,1H3;2-5H,1H3;1-2H3;3H,1H2;1H3. The first-order valence-corrected chi connectivity index (χ1v) is 10.7. The summed E-state index contributed by atoms with van der Waals surface area (Å²) in [5, 5.41) is 10.4. The number of hydrogen-bond acceptors (Lipinski definition) is 3. The number of aliphatic hydroxyl groups is 1. The summed E-state index contributed by atoms with van der Waals surface area (Å²) < 4.78 is 31.5. The molecule has 0 aliphatic rings. The molecule has 1 aromatic heterocycles. The van der Waals surface area contributed by atoms with Gasteiger partial charge in [0.2, 0.25) is 0 Å². The Morgan fingerprint density at radius 2 is 1.61 bits per heavy atom. The summed E-state index contributed by atoms with van der Waals surface area (Å²) in [5.74, 6) is -0.162. The Morgan fingerprint density at radius 1 is 1.03 bits per heavy atom. The molecule has 2 N–H and O–H groups in total. The van der Waals surface area contributed by atoms with Crippen molar-refractivity contribution in [3.05, 3.63) is 102 Å². The van der Waals surface area contributed by atoms with Crippen molar-refractivity contribution < 1.29 is 18.3 Å². The number of hydrogen-bond donors (Lipinski definition) is 2. The number of benzene rings is 2. The maximum atomic E-state index is 12.2. The fourth-order valence-corrected chi connectivity index (χ4v) is 2.62. The van der Waals surface area contributed by atoms with Crippen LogP contribution >= 0.6 is 0 Å². The zero-order valence-electron chi connectivity index (χ0n) is 20.3. The summed E-state index contributed by atoms with van der Waals surface area (Å²) in [4.78, 5) is 4.02. The number of halogens is 3. The Morgan fingerprint density at radius 3 is 2.06 bits per heavy atom. The lowest BCUT2D eigenvalue weighted by atomic mass is 10.0. The molecular formula is C27H37F3N2O. The van der Waals surface area contributed by atoms with Gasteiger partial charge in [-0.25, -0.2) is 8.78 Å². The number of aliphatic hydroxyl groups excluding tert-OH is 1. The maximum absolute atomic E-state index is 12.2. The van der Waals surface area contributed by atoms with Gasteiger partial charge < -0.3 is 10.4 Å². The largest absolute Gasteiger partial charge is 0.380 e. The Kier molecular flexibility index (Phi) is 21.5. The van der Waals surface area contributed by atoms with Crippen LogP contribution in [0.15, 0.2) is 73.6 Å². The fourth-order valence-electron chi connectivity index (χ4n) is 2.62. The molecule has 33 heavy (non-hydrogen) atoms. The molecule has 0 radical (unpaired) electrons. The van der Waals surface area contributed by atoms with Gasteiger partial charge in [-0.3, -0.25) is 9.37 Å². The monoisotopic (exact) mass is 462 g/mol. The van der Waals surface area contributed by atoms with E-state index in [-0.39, 0.29) is 5.82 Å². The SMILES string of the molecule is C=Cc1c(CC)cccc1NCc1ccncc1.CC.CF.Cc1cccc(F)c1.OCF. The summed E-state index contributed by atoms with van der Waals surface area (Å²) in [7, 11) is 0.500. The highest BCUT2D eigenvalue weighted by Gasteiger charge is 2.03. The quantitative estimate of drug-likeness (QED) is 0.411. The molecule has 1 heterocycles. The molecule has 0 aliphatic carbocycles. The molecular weight excluding hydrogens is 425 g/mol. The van der Waals surface area contributed by atoms with Crippen LogP contribution in [0.5, 0.6) is 0 Å². The summed E-state index contributed by atoms with van der Waals surface area (Å²) in [5.41, 5.74) is 5.85. The van der Waals surface area contributed by atoms with Crippen molar-refractivity contribution in [3.8, 4) is 0 Å². The fraction of sp³-hybridized carbons (Fsp3) is 0.296. The van der Waals surface area contributed by atoms with Crippen molar-refractivity contribution in [3.63, 3.8) is 0 Å². The topological polar surface area (TPSA) is 45.2 Å². The highest BCUT2D eigenvalue weighted by molar-refractivity contribution is 5.68. The average molecular weight is 463 g/mol. The molecule has 2 aromatic carbocycles. The van der Waals surface area contributed by atoms with E-state index in [1.54, 1.807) is 6.07 Å². The highest BCUT2D eigenvalue weighted by atomic mass is 19.1. The summed E-state index contributed by atoms with van der Waals surface area (Å²) >= 11 is 0. The Labute approximate surface area is 197 Å². The highest BCUT2D eigenvalue weighted by Crippen LogP contribution is 2.22. The minimum atomic E-state index is -1.25. The van der Waals surface area contributed by atoms with Crippen LogP contribution in [0.25, 0.3) is 6.08 Å². The van der Waals surface area contributed by atoms with E-state index in [1.807, 2.05) is 57.4 Å². The molecule has 3 nitrogen and oxygen atoms in total. The number of nitrogens with zero attached hydrogens (tertiary/aromatic N) is 1. The van der Waals surface area contributed by atoms with Crippen LogP contribution < -0.4 is 5.32 Å². The third-order valence-electron chi connectivity index (χ3n) is 3.99. The van der Waals surface area contributed by atoms with Gasteiger partial charge in [0.15, 0.2) is 6.86 Å². The molecule has 0 aliphatic heterocycles. The van der Waals surface area contributed by atoms with E-state index in [0.29, 0.717) is 7.18 Å². The molecule has 0 amide bonds. The normalized spacial score (nSPS) is 8.64. The smallest absolute Gasteiger partial charge is 0.185 e. The van der Waals surface area contributed by atoms with E-state index in [0.717, 1.165) is 24.2 Å². The van der Waals surface area contributed by atoms with E-state index in [1.165, 1.54) is 28.8 Å². The van der Waals surface area contributed by atoms with Crippen LogP contribution in [0.2, 0.25) is 0 Å². The summed E-state index contributed by atoms with van der Waals surface area (Å²) in [6.45, 7) is 11.5. The lowest BCUT2D eigenvalue weighted by molar-refractivity contribution is 0.168. The second-order valence-electron chi connectivity index (χ2n) is 6.06. The molecule has 0 atom stereocenters. The van der Waals surface area contributed by atoms with Crippen LogP contribution in [-0.4, -0.2) is 24.1 Å². The van der Waals surface area contributed by atoms with E-state index in [2.05, 4.69) is 42.0 Å². The zero-order chi connectivity index (χ0) is 25.5. The number of rotatable bonds is 5. The van der Waals surface area contributed by atoms with E-state index >= 15 is 0 Å². The molecule has 3 rings (SSSR count). The van der Waals surface area contributed by atoms with Crippen molar-refractivity contribution in [2.45, 2.75) is 40.7 Å². The molecule has 0 saturated heterocycles. The Hall–Kier alpha value is -3.12. The zero-order valence-corrected chi connectivity index (χ0v) is 20.3. The minimum absolute atomic E-state index is 0.162. The maximum Gasteiger partial charge on any atom is 0.185 e. The van der Waals surface area contributed by atoms with E-state index in [9.17, 15) is 13.2 Å². The molecule has 6 heteroatoms. The molecule has 0 spiro atoms. The first-order chi connectivity index (χ1) is 16.0. The molecule has 0 unspecified atom stereocenters. The molecule has 0 fully saturated rings. The third-order valence-corrected chi connectivity index (χ3v) is 3.99. The second-order valence-corrected chi connectivity index (χ2v) is 6.06. The van der Waals surface area contributed by atoms with Gasteiger partial charge in [-0.15, -0.1) is 0 Å². The predicted octanol–water partition coefficient (Wildman–Crippen LogP) is 7.55. The lowest BCUT2D eigenvalue weighted by Gasteiger charge is -2.12. The molecule has 0 saturated carbocycles. The van der Waals surface area contributed by atoms with Crippen molar-refractivity contribution in [1.29, 1.82) is 0 Å². The number of alkyl halides is 2. The van der Waals surface area contributed by atoms with Crippen LogP contribution in [0, 0.1) is 12.7 Å². The van der Waals surface area contributed by atoms with Gasteiger partial charge >= 0.3 is 0 Å². The van der Waals surface area contributed by atoms with Crippen molar-refractivity contribution in [1.82, 2.24) is 4.98 Å². The number of nitrogens with one attached hydrogen (secondary N) is 1. The number of anilines is 1. The molecule has 182 valence electrons. The molecule has 3 aromatic rings. The van der Waals surface area contributed by atoms with Gasteiger partial charge in [-0.05, 0) is 60.4 Å².